The van der Waals surface area contributed by atoms with E-state index in [1.54, 1.807) is 0 Å². The topological polar surface area (TPSA) is 54.5 Å². The second-order valence-electron chi connectivity index (χ2n) is 3.40. The smallest absolute Gasteiger partial charge is 0.262 e. The Balaban J connectivity index is 3.56. The molecule has 0 bridgehead atoms. The summed E-state index contributed by atoms with van der Waals surface area (Å²) >= 11 is 11.6. The summed E-state index contributed by atoms with van der Waals surface area (Å²) in [7, 11) is 4.16. The Morgan fingerprint density at radius 1 is 1.24 bits per heavy atom. The molecule has 1 aromatic carbocycles. The van der Waals surface area contributed by atoms with Gasteiger partial charge in [0.1, 0.15) is 4.90 Å². The molecule has 0 aromatic heterocycles. The van der Waals surface area contributed by atoms with Crippen LogP contribution in [0.25, 0.3) is 0 Å². The Bertz CT molecular complexity index is 569. The Labute approximate surface area is 113 Å². The van der Waals surface area contributed by atoms with Crippen LogP contribution < -0.4 is 0 Å². The van der Waals surface area contributed by atoms with E-state index in [0.29, 0.717) is 0 Å². The van der Waals surface area contributed by atoms with Crippen molar-refractivity contribution in [3.63, 3.8) is 0 Å². The predicted molar refractivity (Wildman–Crippen MR) is 67.5 cm³/mol. The quantitative estimate of drug-likeness (QED) is 0.788. The van der Waals surface area contributed by atoms with E-state index in [2.05, 4.69) is 0 Å². The number of carbonyl (C=O) groups is 1. The van der Waals surface area contributed by atoms with Crippen LogP contribution in [0.15, 0.2) is 17.0 Å². The zero-order chi connectivity index (χ0) is 13.4. The highest BCUT2D eigenvalue weighted by molar-refractivity contribution is 8.13. The lowest BCUT2D eigenvalue weighted by Gasteiger charge is -2.13. The average Bonchev–Trinajstić information content (AvgIpc) is 2.18. The lowest BCUT2D eigenvalue weighted by atomic mass is 10.2. The van der Waals surface area contributed by atoms with Crippen molar-refractivity contribution in [2.24, 2.45) is 0 Å². The minimum atomic E-state index is -4.05. The van der Waals surface area contributed by atoms with E-state index < -0.39 is 15.0 Å². The van der Waals surface area contributed by atoms with Gasteiger partial charge in [0.25, 0.3) is 15.0 Å². The van der Waals surface area contributed by atoms with Crippen LogP contribution in [-0.4, -0.2) is 33.3 Å². The summed E-state index contributed by atoms with van der Waals surface area (Å²) in [6.45, 7) is 0. The molecule has 0 aliphatic rings. The normalized spacial score (nSPS) is 11.4. The van der Waals surface area contributed by atoms with E-state index in [1.165, 1.54) is 25.1 Å². The number of amides is 1. The van der Waals surface area contributed by atoms with Crippen LogP contribution in [0.3, 0.4) is 0 Å². The summed E-state index contributed by atoms with van der Waals surface area (Å²) in [5.41, 5.74) is -0.0107. The average molecular weight is 317 g/mol. The SMILES string of the molecule is CN(C)C(=O)c1cc(Cl)cc(S(=O)(=O)Cl)c1Cl. The molecule has 4 nitrogen and oxygen atoms in total. The molecule has 0 fully saturated rings. The van der Waals surface area contributed by atoms with E-state index in [-0.39, 0.29) is 20.5 Å². The molecule has 1 rings (SSSR count). The molecule has 0 N–H and O–H groups in total. The molecule has 0 saturated carbocycles. The fraction of sp³-hybridized carbons (Fsp3) is 0.222. The monoisotopic (exact) mass is 315 g/mol. The number of carbonyl (C=O) groups excluding carboxylic acids is 1. The third-order valence-corrected chi connectivity index (χ3v) is 3.99. The summed E-state index contributed by atoms with van der Waals surface area (Å²) < 4.78 is 22.5. The van der Waals surface area contributed by atoms with Crippen LogP contribution >= 0.6 is 33.9 Å². The van der Waals surface area contributed by atoms with Crippen LogP contribution in [0, 0.1) is 0 Å². The maximum atomic E-state index is 11.7. The van der Waals surface area contributed by atoms with Gasteiger partial charge in [0.05, 0.1) is 10.6 Å². The van der Waals surface area contributed by atoms with Crippen LogP contribution in [0.5, 0.6) is 0 Å². The summed E-state index contributed by atoms with van der Waals surface area (Å²) in [6.07, 6.45) is 0. The van der Waals surface area contributed by atoms with Gasteiger partial charge in [-0.2, -0.15) is 0 Å². The fourth-order valence-electron chi connectivity index (χ4n) is 1.14. The van der Waals surface area contributed by atoms with Crippen molar-refractivity contribution >= 4 is 48.8 Å². The zero-order valence-corrected chi connectivity index (χ0v) is 12.0. The Morgan fingerprint density at radius 3 is 2.18 bits per heavy atom. The summed E-state index contributed by atoms with van der Waals surface area (Å²) in [6, 6.07) is 2.39. The predicted octanol–water partition coefficient (Wildman–Crippen LogP) is 2.62. The van der Waals surface area contributed by atoms with Crippen molar-refractivity contribution < 1.29 is 13.2 Å². The molecule has 0 spiro atoms. The van der Waals surface area contributed by atoms with Crippen molar-refractivity contribution in [3.05, 3.63) is 27.7 Å². The molecule has 0 aliphatic heterocycles. The van der Waals surface area contributed by atoms with Crippen molar-refractivity contribution in [3.8, 4) is 0 Å². The molecular formula is C9H8Cl3NO3S. The molecule has 1 amide bonds. The summed E-state index contributed by atoms with van der Waals surface area (Å²) in [4.78, 5) is 12.6. The van der Waals surface area contributed by atoms with E-state index in [0.717, 1.165) is 6.07 Å². The van der Waals surface area contributed by atoms with Gasteiger partial charge >= 0.3 is 0 Å². The summed E-state index contributed by atoms with van der Waals surface area (Å²) in [5.74, 6) is -0.459. The second-order valence-corrected chi connectivity index (χ2v) is 6.75. The summed E-state index contributed by atoms with van der Waals surface area (Å²) in [5, 5.41) is -0.165. The number of benzene rings is 1. The molecule has 0 heterocycles. The molecule has 0 saturated heterocycles. The van der Waals surface area contributed by atoms with Crippen molar-refractivity contribution in [2.75, 3.05) is 14.1 Å². The van der Waals surface area contributed by atoms with Gasteiger partial charge in [-0.15, -0.1) is 0 Å². The first-order valence-electron chi connectivity index (χ1n) is 4.30. The van der Waals surface area contributed by atoms with Crippen LogP contribution in [0.2, 0.25) is 10.0 Å². The van der Waals surface area contributed by atoms with Gasteiger partial charge < -0.3 is 4.90 Å². The minimum absolute atomic E-state index is 0.0107. The number of hydrogen-bond donors (Lipinski definition) is 0. The van der Waals surface area contributed by atoms with Crippen LogP contribution in [-0.2, 0) is 9.05 Å². The molecule has 1 aromatic rings. The number of hydrogen-bond acceptors (Lipinski definition) is 3. The molecular weight excluding hydrogens is 309 g/mol. The first-order chi connectivity index (χ1) is 7.64. The second kappa shape index (κ2) is 5.02. The van der Waals surface area contributed by atoms with Gasteiger partial charge in [0.15, 0.2) is 0 Å². The molecule has 94 valence electrons. The third-order valence-electron chi connectivity index (χ3n) is 1.90. The van der Waals surface area contributed by atoms with Crippen molar-refractivity contribution in [2.45, 2.75) is 4.90 Å². The van der Waals surface area contributed by atoms with Gasteiger partial charge in [-0.25, -0.2) is 8.42 Å². The van der Waals surface area contributed by atoms with E-state index in [9.17, 15) is 13.2 Å². The van der Waals surface area contributed by atoms with Gasteiger partial charge in [-0.1, -0.05) is 23.2 Å². The maximum absolute atomic E-state index is 11.7. The first-order valence-corrected chi connectivity index (χ1v) is 7.36. The molecule has 8 heteroatoms. The lowest BCUT2D eigenvalue weighted by molar-refractivity contribution is 0.0827. The van der Waals surface area contributed by atoms with E-state index >= 15 is 0 Å². The zero-order valence-electron chi connectivity index (χ0n) is 8.87. The first kappa shape index (κ1) is 14.6. The van der Waals surface area contributed by atoms with Gasteiger partial charge in [-0.05, 0) is 12.1 Å². The van der Waals surface area contributed by atoms with Crippen LogP contribution in [0.4, 0.5) is 0 Å². The van der Waals surface area contributed by atoms with E-state index in [1.807, 2.05) is 0 Å². The number of nitrogens with zero attached hydrogens (tertiary/aromatic N) is 1. The van der Waals surface area contributed by atoms with Crippen molar-refractivity contribution in [1.82, 2.24) is 4.90 Å². The van der Waals surface area contributed by atoms with Gasteiger partial charge in [-0.3, -0.25) is 4.79 Å². The van der Waals surface area contributed by atoms with Gasteiger partial charge in [0, 0.05) is 29.8 Å². The Kier molecular flexibility index (Phi) is 4.30. The highest BCUT2D eigenvalue weighted by Gasteiger charge is 2.22. The highest BCUT2D eigenvalue weighted by Crippen LogP contribution is 2.31. The fourth-order valence-corrected chi connectivity index (χ4v) is 2.99. The molecule has 0 unspecified atom stereocenters. The molecule has 0 aliphatic carbocycles. The standard InChI is InChI=1S/C9H8Cl3NO3S/c1-13(2)9(14)6-3-5(10)4-7(8(6)11)17(12,15)16/h3-4H,1-2H3. The minimum Gasteiger partial charge on any atom is -0.345 e. The Hall–Kier alpha value is -0.490. The molecule has 0 radical (unpaired) electrons. The third kappa shape index (κ3) is 3.25. The van der Waals surface area contributed by atoms with E-state index in [4.69, 9.17) is 33.9 Å². The van der Waals surface area contributed by atoms with Crippen molar-refractivity contribution in [1.29, 1.82) is 0 Å². The largest absolute Gasteiger partial charge is 0.345 e. The van der Waals surface area contributed by atoms with Gasteiger partial charge in [0.2, 0.25) is 0 Å². The maximum Gasteiger partial charge on any atom is 0.262 e. The molecule has 0 atom stereocenters. The Morgan fingerprint density at radius 2 is 1.76 bits per heavy atom. The molecule has 17 heavy (non-hydrogen) atoms. The lowest BCUT2D eigenvalue weighted by Crippen LogP contribution is -2.22. The number of halogens is 3. The highest BCUT2D eigenvalue weighted by atomic mass is 35.7. The van der Waals surface area contributed by atoms with Crippen LogP contribution in [0.1, 0.15) is 10.4 Å². The number of rotatable bonds is 2.